The van der Waals surface area contributed by atoms with Crippen LogP contribution in [0.5, 0.6) is 5.75 Å². The summed E-state index contributed by atoms with van der Waals surface area (Å²) in [6.07, 6.45) is 0.273. The number of nitrogens with zero attached hydrogens (tertiary/aromatic N) is 2. The average molecular weight is 360 g/mol. The van der Waals surface area contributed by atoms with E-state index < -0.39 is 6.04 Å². The Labute approximate surface area is 157 Å². The minimum Gasteiger partial charge on any atom is -0.497 e. The van der Waals surface area contributed by atoms with Gasteiger partial charge in [-0.1, -0.05) is 29.4 Å². The first kappa shape index (κ1) is 17.2. The first-order valence-corrected chi connectivity index (χ1v) is 8.86. The summed E-state index contributed by atoms with van der Waals surface area (Å²) < 4.78 is 10.9. The summed E-state index contributed by atoms with van der Waals surface area (Å²) in [7, 11) is 1.64. The van der Waals surface area contributed by atoms with E-state index in [-0.39, 0.29) is 12.2 Å². The Morgan fingerprint density at radius 2 is 1.81 bits per heavy atom. The number of ketones is 1. The van der Waals surface area contributed by atoms with Gasteiger partial charge in [-0.3, -0.25) is 9.79 Å². The van der Waals surface area contributed by atoms with Crippen molar-refractivity contribution < 1.29 is 14.1 Å². The summed E-state index contributed by atoms with van der Waals surface area (Å²) in [4.78, 5) is 16.9. The van der Waals surface area contributed by atoms with Gasteiger partial charge in [-0.15, -0.1) is 0 Å². The monoisotopic (exact) mass is 360 g/mol. The number of hydrogen-bond donors (Lipinski definition) is 0. The van der Waals surface area contributed by atoms with Gasteiger partial charge in [0, 0.05) is 17.5 Å². The Morgan fingerprint density at radius 3 is 2.48 bits per heavy atom. The van der Waals surface area contributed by atoms with Crippen LogP contribution in [0.25, 0.3) is 11.1 Å². The number of Topliss-reactive ketones (excluding diaryl/α,β-unsaturated/α-hetero) is 1. The maximum atomic E-state index is 11.9. The lowest BCUT2D eigenvalue weighted by atomic mass is 9.93. The molecule has 0 radical (unpaired) electrons. The van der Waals surface area contributed by atoms with Crippen LogP contribution in [0.1, 0.15) is 42.0 Å². The highest BCUT2D eigenvalue weighted by Gasteiger charge is 2.30. The summed E-state index contributed by atoms with van der Waals surface area (Å²) in [6.45, 7) is 3.49. The minimum atomic E-state index is -0.400. The largest absolute Gasteiger partial charge is 0.497 e. The topological polar surface area (TPSA) is 64.7 Å². The molecule has 136 valence electrons. The molecule has 0 aliphatic carbocycles. The van der Waals surface area contributed by atoms with Crippen molar-refractivity contribution in [3.63, 3.8) is 0 Å². The Kier molecular flexibility index (Phi) is 4.36. The fraction of sp³-hybridized carbons (Fsp3) is 0.227. The predicted octanol–water partition coefficient (Wildman–Crippen LogP) is 4.53. The van der Waals surface area contributed by atoms with Crippen molar-refractivity contribution in [1.29, 1.82) is 0 Å². The Morgan fingerprint density at radius 1 is 1.11 bits per heavy atom. The molecule has 0 saturated heterocycles. The van der Waals surface area contributed by atoms with Crippen molar-refractivity contribution in [2.24, 2.45) is 4.99 Å². The Hall–Kier alpha value is -3.21. The molecule has 1 aliphatic rings. The van der Waals surface area contributed by atoms with Crippen LogP contribution >= 0.6 is 0 Å². The summed E-state index contributed by atoms with van der Waals surface area (Å²) in [5.41, 5.74) is 5.56. The molecule has 0 bridgehead atoms. The predicted molar refractivity (Wildman–Crippen MR) is 103 cm³/mol. The van der Waals surface area contributed by atoms with Crippen molar-refractivity contribution in [3.05, 3.63) is 71.1 Å². The zero-order valence-electron chi connectivity index (χ0n) is 15.5. The fourth-order valence-corrected chi connectivity index (χ4v) is 3.52. The zero-order chi connectivity index (χ0) is 19.0. The second-order valence-electron chi connectivity index (χ2n) is 6.68. The molecule has 1 aromatic heterocycles. The quantitative estimate of drug-likeness (QED) is 0.686. The fourth-order valence-electron chi connectivity index (χ4n) is 3.52. The number of carbonyl (C=O) groups excluding carboxylic acids is 1. The van der Waals surface area contributed by atoms with Crippen molar-refractivity contribution >= 4 is 11.5 Å². The van der Waals surface area contributed by atoms with E-state index in [1.54, 1.807) is 14.0 Å². The third-order valence-corrected chi connectivity index (χ3v) is 4.77. The number of methoxy groups -OCH3 is 1. The number of aryl methyl sites for hydroxylation is 1. The molecular weight excluding hydrogens is 340 g/mol. The molecule has 4 rings (SSSR count). The van der Waals surface area contributed by atoms with E-state index in [4.69, 9.17) is 14.3 Å². The molecule has 2 aromatic carbocycles. The standard InChI is InChI=1S/C22H20N2O3/c1-13(25)12-19-22-20(14(2)24-27-22)17-6-4-5-7-18(17)21(23-19)15-8-10-16(26-3)11-9-15/h4-11,19H,12H2,1-3H3/t19-/m0/s1. The van der Waals surface area contributed by atoms with Crippen LogP contribution in [0.3, 0.4) is 0 Å². The summed E-state index contributed by atoms with van der Waals surface area (Å²) in [6, 6.07) is 15.5. The third kappa shape index (κ3) is 3.05. The molecule has 0 spiro atoms. The average Bonchev–Trinajstić information content (AvgIpc) is 3.00. The molecule has 0 N–H and O–H groups in total. The summed E-state index contributed by atoms with van der Waals surface area (Å²) in [5.74, 6) is 1.50. The first-order valence-electron chi connectivity index (χ1n) is 8.86. The van der Waals surface area contributed by atoms with Gasteiger partial charge in [0.15, 0.2) is 5.76 Å². The molecule has 3 aromatic rings. The summed E-state index contributed by atoms with van der Waals surface area (Å²) >= 11 is 0. The SMILES string of the molecule is COc1ccc(C2=N[C@@H](CC(C)=O)c3onc(C)c3-c3ccccc32)cc1. The molecule has 27 heavy (non-hydrogen) atoms. The van der Waals surface area contributed by atoms with E-state index in [1.165, 1.54) is 0 Å². The number of fused-ring (bicyclic) bond motifs is 3. The highest BCUT2D eigenvalue weighted by Crippen LogP contribution is 2.40. The van der Waals surface area contributed by atoms with Crippen LogP contribution in [0.4, 0.5) is 0 Å². The second-order valence-corrected chi connectivity index (χ2v) is 6.68. The lowest BCUT2D eigenvalue weighted by Crippen LogP contribution is -2.07. The minimum absolute atomic E-state index is 0.0591. The van der Waals surface area contributed by atoms with Crippen LogP contribution in [0.15, 0.2) is 58.0 Å². The molecule has 2 heterocycles. The number of ether oxygens (including phenoxy) is 1. The smallest absolute Gasteiger partial charge is 0.169 e. The molecule has 0 fully saturated rings. The lowest BCUT2D eigenvalue weighted by Gasteiger charge is -2.12. The first-order chi connectivity index (χ1) is 13.1. The summed E-state index contributed by atoms with van der Waals surface area (Å²) in [5, 5.41) is 4.14. The molecule has 0 amide bonds. The molecule has 5 nitrogen and oxygen atoms in total. The van der Waals surface area contributed by atoms with Crippen LogP contribution in [-0.2, 0) is 4.79 Å². The molecule has 5 heteroatoms. The number of hydrogen-bond acceptors (Lipinski definition) is 5. The Bertz CT molecular complexity index is 1030. The molecule has 1 aliphatic heterocycles. The highest BCUT2D eigenvalue weighted by atomic mass is 16.5. The maximum Gasteiger partial charge on any atom is 0.169 e. The van der Waals surface area contributed by atoms with E-state index in [0.29, 0.717) is 5.76 Å². The van der Waals surface area contributed by atoms with Crippen molar-refractivity contribution in [2.75, 3.05) is 7.11 Å². The van der Waals surface area contributed by atoms with Gasteiger partial charge in [0.2, 0.25) is 0 Å². The number of carbonyl (C=O) groups is 1. The van der Waals surface area contributed by atoms with Gasteiger partial charge in [-0.05, 0) is 43.7 Å². The third-order valence-electron chi connectivity index (χ3n) is 4.77. The maximum absolute atomic E-state index is 11.9. The van der Waals surface area contributed by atoms with Gasteiger partial charge < -0.3 is 9.26 Å². The van der Waals surface area contributed by atoms with Gasteiger partial charge in [-0.2, -0.15) is 0 Å². The number of rotatable bonds is 4. The zero-order valence-corrected chi connectivity index (χ0v) is 15.5. The van der Waals surface area contributed by atoms with Gasteiger partial charge in [0.05, 0.1) is 24.1 Å². The Balaban J connectivity index is 1.96. The van der Waals surface area contributed by atoms with Crippen molar-refractivity contribution in [1.82, 2.24) is 5.16 Å². The number of benzene rings is 2. The lowest BCUT2D eigenvalue weighted by molar-refractivity contribution is -0.117. The molecular formula is C22H20N2O3. The highest BCUT2D eigenvalue weighted by molar-refractivity contribution is 6.17. The van der Waals surface area contributed by atoms with Crippen molar-refractivity contribution in [2.45, 2.75) is 26.3 Å². The van der Waals surface area contributed by atoms with Crippen LogP contribution < -0.4 is 4.74 Å². The van der Waals surface area contributed by atoms with E-state index >= 15 is 0 Å². The van der Waals surface area contributed by atoms with E-state index in [9.17, 15) is 4.79 Å². The van der Waals surface area contributed by atoms with Crippen LogP contribution in [-0.4, -0.2) is 23.8 Å². The molecule has 0 unspecified atom stereocenters. The van der Waals surface area contributed by atoms with Crippen LogP contribution in [0.2, 0.25) is 0 Å². The van der Waals surface area contributed by atoms with E-state index in [1.807, 2.05) is 55.5 Å². The molecule has 0 saturated carbocycles. The van der Waals surface area contributed by atoms with Gasteiger partial charge in [-0.25, -0.2) is 0 Å². The van der Waals surface area contributed by atoms with Gasteiger partial charge in [0.25, 0.3) is 0 Å². The van der Waals surface area contributed by atoms with Gasteiger partial charge in [0.1, 0.15) is 17.6 Å². The van der Waals surface area contributed by atoms with E-state index in [0.717, 1.165) is 39.4 Å². The van der Waals surface area contributed by atoms with Crippen molar-refractivity contribution in [3.8, 4) is 16.9 Å². The van der Waals surface area contributed by atoms with Crippen LogP contribution in [0, 0.1) is 6.92 Å². The molecule has 1 atom stereocenters. The number of aromatic nitrogens is 1. The van der Waals surface area contributed by atoms with Gasteiger partial charge >= 0.3 is 0 Å². The van der Waals surface area contributed by atoms with E-state index in [2.05, 4.69) is 5.16 Å². The second kappa shape index (κ2) is 6.83. The number of aliphatic imine (C=N–C) groups is 1. The normalized spacial score (nSPS) is 15.4.